The molecule has 4 rings (SSSR count). The molecule has 1 N–H and O–H groups in total. The van der Waals surface area contributed by atoms with Gasteiger partial charge in [-0.05, 0) is 80.7 Å². The summed E-state index contributed by atoms with van der Waals surface area (Å²) in [5.74, 6) is -0.0859. The second kappa shape index (κ2) is 8.15. The van der Waals surface area contributed by atoms with Crippen molar-refractivity contribution in [2.45, 2.75) is 46.1 Å². The van der Waals surface area contributed by atoms with E-state index in [-0.39, 0.29) is 12.3 Å². The van der Waals surface area contributed by atoms with Gasteiger partial charge in [0, 0.05) is 17.6 Å². The number of aryl methyl sites for hydroxylation is 2. The monoisotopic (exact) mass is 377 g/mol. The molecule has 2 aromatic carbocycles. The number of likely N-dealkylation sites (tertiary alicyclic amines) is 1. The van der Waals surface area contributed by atoms with Gasteiger partial charge in [0.1, 0.15) is 5.69 Å². The highest BCUT2D eigenvalue weighted by Crippen LogP contribution is 2.23. The van der Waals surface area contributed by atoms with Crippen molar-refractivity contribution in [3.05, 3.63) is 58.8 Å². The first-order valence-electron chi connectivity index (χ1n) is 10.0. The molecule has 1 saturated heterocycles. The summed E-state index contributed by atoms with van der Waals surface area (Å²) >= 11 is 0. The van der Waals surface area contributed by atoms with E-state index in [0.717, 1.165) is 28.8 Å². The predicted octanol–water partition coefficient (Wildman–Crippen LogP) is 4.61. The van der Waals surface area contributed by atoms with E-state index in [9.17, 15) is 4.79 Å². The van der Waals surface area contributed by atoms with Crippen LogP contribution in [0.1, 0.15) is 41.6 Å². The van der Waals surface area contributed by atoms with Crippen molar-refractivity contribution in [2.75, 3.05) is 18.4 Å². The van der Waals surface area contributed by atoms with Crippen molar-refractivity contribution in [3.63, 3.8) is 0 Å². The maximum Gasteiger partial charge on any atom is 0.230 e. The van der Waals surface area contributed by atoms with Crippen LogP contribution in [0.5, 0.6) is 0 Å². The third kappa shape index (κ3) is 4.25. The molecule has 0 bridgehead atoms. The molecular formula is C23H27N3O2. The first-order chi connectivity index (χ1) is 13.6. The summed E-state index contributed by atoms with van der Waals surface area (Å²) in [5, 5.41) is 7.98. The van der Waals surface area contributed by atoms with E-state index in [1.54, 1.807) is 0 Å². The van der Waals surface area contributed by atoms with Crippen LogP contribution in [0.15, 0.2) is 40.9 Å². The summed E-state index contributed by atoms with van der Waals surface area (Å²) in [7, 11) is 0. The highest BCUT2D eigenvalue weighted by molar-refractivity contribution is 5.94. The first kappa shape index (κ1) is 18.7. The SMILES string of the molecule is Cc1cc2onc(CC(=O)Nc3ccc(CN4CCCCC4)cc3)c2cc1C. The summed E-state index contributed by atoms with van der Waals surface area (Å²) in [6.07, 6.45) is 4.14. The van der Waals surface area contributed by atoms with Crippen molar-refractivity contribution in [2.24, 2.45) is 0 Å². The van der Waals surface area contributed by atoms with Gasteiger partial charge in [-0.1, -0.05) is 23.7 Å². The van der Waals surface area contributed by atoms with Crippen LogP contribution in [0.2, 0.25) is 0 Å². The number of rotatable bonds is 5. The Morgan fingerprint density at radius 3 is 2.54 bits per heavy atom. The molecule has 0 radical (unpaired) electrons. The Kier molecular flexibility index (Phi) is 5.44. The smallest absolute Gasteiger partial charge is 0.230 e. The summed E-state index contributed by atoms with van der Waals surface area (Å²) in [5.41, 5.74) is 5.83. The number of hydrogen-bond donors (Lipinski definition) is 1. The molecule has 1 fully saturated rings. The van der Waals surface area contributed by atoms with Gasteiger partial charge in [-0.3, -0.25) is 9.69 Å². The number of hydrogen-bond acceptors (Lipinski definition) is 4. The lowest BCUT2D eigenvalue weighted by Crippen LogP contribution is -2.29. The van der Waals surface area contributed by atoms with Crippen LogP contribution < -0.4 is 5.32 Å². The number of amides is 1. The van der Waals surface area contributed by atoms with Crippen molar-refractivity contribution in [3.8, 4) is 0 Å². The molecule has 1 amide bonds. The molecule has 0 spiro atoms. The molecule has 0 saturated carbocycles. The standard InChI is InChI=1S/C23H27N3O2/c1-16-12-20-21(25-28-22(20)13-17(16)2)14-23(27)24-19-8-6-18(7-9-19)15-26-10-4-3-5-11-26/h6-9,12-13H,3-5,10-11,14-15H2,1-2H3,(H,24,27). The van der Waals surface area contributed by atoms with Gasteiger partial charge in [0.2, 0.25) is 5.91 Å². The zero-order valence-electron chi connectivity index (χ0n) is 16.6. The zero-order valence-corrected chi connectivity index (χ0v) is 16.6. The number of fused-ring (bicyclic) bond motifs is 1. The fourth-order valence-electron chi connectivity index (χ4n) is 3.80. The predicted molar refractivity (Wildman–Crippen MR) is 111 cm³/mol. The Balaban J connectivity index is 1.38. The Labute approximate surface area is 165 Å². The number of carbonyl (C=O) groups excluding carboxylic acids is 1. The maximum atomic E-state index is 12.5. The number of nitrogens with one attached hydrogen (secondary N) is 1. The number of carbonyl (C=O) groups is 1. The third-order valence-corrected chi connectivity index (χ3v) is 5.58. The molecular weight excluding hydrogens is 350 g/mol. The van der Waals surface area contributed by atoms with Crippen LogP contribution in [0, 0.1) is 13.8 Å². The molecule has 1 aliphatic rings. The number of benzene rings is 2. The second-order valence-corrected chi connectivity index (χ2v) is 7.82. The largest absolute Gasteiger partial charge is 0.356 e. The topological polar surface area (TPSA) is 58.4 Å². The van der Waals surface area contributed by atoms with Crippen molar-refractivity contribution < 1.29 is 9.32 Å². The molecule has 28 heavy (non-hydrogen) atoms. The normalized spacial score (nSPS) is 15.1. The van der Waals surface area contributed by atoms with Crippen LogP contribution in [-0.4, -0.2) is 29.1 Å². The Morgan fingerprint density at radius 2 is 1.79 bits per heavy atom. The number of anilines is 1. The van der Waals surface area contributed by atoms with E-state index < -0.39 is 0 Å². The summed E-state index contributed by atoms with van der Waals surface area (Å²) in [4.78, 5) is 15.0. The van der Waals surface area contributed by atoms with Gasteiger partial charge >= 0.3 is 0 Å². The number of piperidine rings is 1. The van der Waals surface area contributed by atoms with E-state index in [1.165, 1.54) is 43.5 Å². The minimum absolute atomic E-state index is 0.0859. The molecule has 0 aliphatic carbocycles. The van der Waals surface area contributed by atoms with Gasteiger partial charge in [0.05, 0.1) is 6.42 Å². The number of nitrogens with zero attached hydrogens (tertiary/aromatic N) is 2. The van der Waals surface area contributed by atoms with Gasteiger partial charge in [-0.25, -0.2) is 0 Å². The van der Waals surface area contributed by atoms with Crippen molar-refractivity contribution in [1.29, 1.82) is 0 Å². The van der Waals surface area contributed by atoms with E-state index in [2.05, 4.69) is 34.4 Å². The Bertz CT molecular complexity index is 969. The van der Waals surface area contributed by atoms with E-state index in [4.69, 9.17) is 4.52 Å². The van der Waals surface area contributed by atoms with Crippen LogP contribution >= 0.6 is 0 Å². The molecule has 0 unspecified atom stereocenters. The quantitative estimate of drug-likeness (QED) is 0.705. The minimum atomic E-state index is -0.0859. The molecule has 146 valence electrons. The molecule has 1 aliphatic heterocycles. The second-order valence-electron chi connectivity index (χ2n) is 7.82. The van der Waals surface area contributed by atoms with Gasteiger partial charge in [0.25, 0.3) is 0 Å². The van der Waals surface area contributed by atoms with E-state index in [1.807, 2.05) is 31.2 Å². The van der Waals surface area contributed by atoms with Gasteiger partial charge in [0.15, 0.2) is 5.58 Å². The highest BCUT2D eigenvalue weighted by atomic mass is 16.5. The fraction of sp³-hybridized carbons (Fsp3) is 0.391. The van der Waals surface area contributed by atoms with Crippen molar-refractivity contribution >= 4 is 22.6 Å². The summed E-state index contributed by atoms with van der Waals surface area (Å²) < 4.78 is 5.39. The van der Waals surface area contributed by atoms with Gasteiger partial charge in [-0.2, -0.15) is 0 Å². The van der Waals surface area contributed by atoms with E-state index >= 15 is 0 Å². The first-order valence-corrected chi connectivity index (χ1v) is 10.0. The lowest BCUT2D eigenvalue weighted by molar-refractivity contribution is -0.115. The molecule has 2 heterocycles. The summed E-state index contributed by atoms with van der Waals surface area (Å²) in [6.45, 7) is 7.44. The van der Waals surface area contributed by atoms with Gasteiger partial charge in [-0.15, -0.1) is 0 Å². The van der Waals surface area contributed by atoms with Crippen LogP contribution in [-0.2, 0) is 17.8 Å². The minimum Gasteiger partial charge on any atom is -0.356 e. The molecule has 5 heteroatoms. The fourth-order valence-corrected chi connectivity index (χ4v) is 3.80. The van der Waals surface area contributed by atoms with Crippen LogP contribution in [0.25, 0.3) is 11.0 Å². The lowest BCUT2D eigenvalue weighted by Gasteiger charge is -2.26. The van der Waals surface area contributed by atoms with Crippen LogP contribution in [0.3, 0.4) is 0 Å². The van der Waals surface area contributed by atoms with Gasteiger partial charge < -0.3 is 9.84 Å². The van der Waals surface area contributed by atoms with Crippen molar-refractivity contribution in [1.82, 2.24) is 10.1 Å². The highest BCUT2D eigenvalue weighted by Gasteiger charge is 2.14. The Hall–Kier alpha value is -2.66. The maximum absolute atomic E-state index is 12.5. The number of aromatic nitrogens is 1. The molecule has 1 aromatic heterocycles. The molecule has 5 nitrogen and oxygen atoms in total. The molecule has 0 atom stereocenters. The van der Waals surface area contributed by atoms with E-state index in [0.29, 0.717) is 5.69 Å². The summed E-state index contributed by atoms with van der Waals surface area (Å²) in [6, 6.07) is 12.2. The third-order valence-electron chi connectivity index (χ3n) is 5.58. The average molecular weight is 377 g/mol. The average Bonchev–Trinajstić information content (AvgIpc) is 3.06. The zero-order chi connectivity index (χ0) is 19.5. The molecule has 3 aromatic rings. The lowest BCUT2D eigenvalue weighted by atomic mass is 10.1. The van der Waals surface area contributed by atoms with Crippen LogP contribution in [0.4, 0.5) is 5.69 Å². The Morgan fingerprint density at radius 1 is 1.07 bits per heavy atom.